The molecule has 0 saturated carbocycles. The van der Waals surface area contributed by atoms with Crippen molar-refractivity contribution >= 4 is 5.78 Å². The van der Waals surface area contributed by atoms with Gasteiger partial charge in [0.25, 0.3) is 0 Å². The molecule has 0 aromatic heterocycles. The molecule has 0 bridgehead atoms. The van der Waals surface area contributed by atoms with Crippen LogP contribution in [-0.2, 0) is 14.9 Å². The van der Waals surface area contributed by atoms with Crippen LogP contribution in [0.3, 0.4) is 0 Å². The minimum atomic E-state index is -3.15. The van der Waals surface area contributed by atoms with Crippen LogP contribution in [0.5, 0.6) is 0 Å². The quantitative estimate of drug-likeness (QED) is 0.266. The summed E-state index contributed by atoms with van der Waals surface area (Å²) >= 11 is 0. The van der Waals surface area contributed by atoms with Gasteiger partial charge in [-0.25, -0.2) is 0 Å². The van der Waals surface area contributed by atoms with Crippen molar-refractivity contribution in [3.8, 4) is 0 Å². The van der Waals surface area contributed by atoms with Crippen molar-refractivity contribution in [2.24, 2.45) is 0 Å². The lowest BCUT2D eigenvalue weighted by Gasteiger charge is -2.09. The van der Waals surface area contributed by atoms with Crippen molar-refractivity contribution in [3.05, 3.63) is 0 Å². The first-order valence-corrected chi connectivity index (χ1v) is 1.77. The molecular formula is C3H5O5. The molecule has 0 rings (SSSR count). The van der Waals surface area contributed by atoms with Crippen molar-refractivity contribution in [3.63, 3.8) is 0 Å². The molecule has 5 heteroatoms. The van der Waals surface area contributed by atoms with E-state index in [9.17, 15) is 10.1 Å². The van der Waals surface area contributed by atoms with Gasteiger partial charge in [-0.05, 0) is 5.26 Å². The Bertz CT molecular complexity index is 95.8. The van der Waals surface area contributed by atoms with Crippen LogP contribution in [0.4, 0.5) is 0 Å². The predicted octanol–water partition coefficient (Wildman–Crippen LogP) is -1.42. The molecule has 0 unspecified atom stereocenters. The first-order valence-electron chi connectivity index (χ1n) is 1.77. The molecule has 0 aliphatic rings. The summed E-state index contributed by atoms with van der Waals surface area (Å²) in [6, 6.07) is 0. The fourth-order valence-electron chi connectivity index (χ4n) is 0.0587. The van der Waals surface area contributed by atoms with E-state index in [1.165, 1.54) is 0 Å². The minimum Gasteiger partial charge on any atom is -0.335 e. The normalized spacial score (nSPS) is 11.5. The highest BCUT2D eigenvalue weighted by atomic mass is 17.2. The SMILES string of the molecule is CC(=O)C(O)(O)O[O]. The van der Waals surface area contributed by atoms with E-state index in [0.717, 1.165) is 6.92 Å². The zero-order chi connectivity index (χ0) is 6.78. The number of Topliss-reactive ketones (excluding diaryl/α,β-unsaturated/α-hetero) is 1. The number of carbonyl (C=O) groups is 1. The molecule has 0 heterocycles. The van der Waals surface area contributed by atoms with Crippen LogP contribution in [0.15, 0.2) is 0 Å². The van der Waals surface area contributed by atoms with Crippen LogP contribution in [0.2, 0.25) is 0 Å². The molecule has 0 saturated heterocycles. The van der Waals surface area contributed by atoms with Gasteiger partial charge in [0, 0.05) is 6.92 Å². The summed E-state index contributed by atoms with van der Waals surface area (Å²) in [5.41, 5.74) is 0. The Labute approximate surface area is 45.1 Å². The van der Waals surface area contributed by atoms with E-state index >= 15 is 0 Å². The molecule has 0 aliphatic carbocycles. The molecule has 1 radical (unpaired) electrons. The van der Waals surface area contributed by atoms with Crippen LogP contribution < -0.4 is 0 Å². The average Bonchev–Trinajstić information content (AvgIpc) is 1.67. The highest BCUT2D eigenvalue weighted by molar-refractivity contribution is 5.81. The second-order valence-corrected chi connectivity index (χ2v) is 1.25. The van der Waals surface area contributed by atoms with Crippen LogP contribution in [0, 0.1) is 0 Å². The lowest BCUT2D eigenvalue weighted by molar-refractivity contribution is -0.476. The Morgan fingerprint density at radius 3 is 2.00 bits per heavy atom. The van der Waals surface area contributed by atoms with E-state index in [0.29, 0.717) is 0 Å². The Balaban J connectivity index is 3.91. The average molecular weight is 121 g/mol. The van der Waals surface area contributed by atoms with Gasteiger partial charge < -0.3 is 10.2 Å². The van der Waals surface area contributed by atoms with Crippen molar-refractivity contribution in [1.29, 1.82) is 0 Å². The van der Waals surface area contributed by atoms with Crippen LogP contribution in [0.1, 0.15) is 6.92 Å². The van der Waals surface area contributed by atoms with Gasteiger partial charge in [-0.15, -0.1) is 4.89 Å². The van der Waals surface area contributed by atoms with Gasteiger partial charge >= 0.3 is 5.97 Å². The maximum absolute atomic E-state index is 9.87. The third-order valence-electron chi connectivity index (χ3n) is 0.575. The summed E-state index contributed by atoms with van der Waals surface area (Å²) in [6.07, 6.45) is 0. The van der Waals surface area contributed by atoms with E-state index < -0.39 is 11.8 Å². The smallest absolute Gasteiger partial charge is 0.335 e. The summed E-state index contributed by atoms with van der Waals surface area (Å²) < 4.78 is 0. The molecule has 0 aromatic rings. The van der Waals surface area contributed by atoms with Gasteiger partial charge in [-0.3, -0.25) is 4.79 Å². The fraction of sp³-hybridized carbons (Fsp3) is 0.667. The molecule has 0 fully saturated rings. The Kier molecular flexibility index (Phi) is 2.05. The van der Waals surface area contributed by atoms with Gasteiger partial charge in [0.05, 0.1) is 0 Å². The number of hydrogen-bond acceptors (Lipinski definition) is 4. The second kappa shape index (κ2) is 2.19. The third kappa shape index (κ3) is 1.55. The van der Waals surface area contributed by atoms with Crippen molar-refractivity contribution in [2.45, 2.75) is 12.9 Å². The third-order valence-corrected chi connectivity index (χ3v) is 0.575. The summed E-state index contributed by atoms with van der Waals surface area (Å²) in [5, 5.41) is 25.3. The molecule has 47 valence electrons. The summed E-state index contributed by atoms with van der Waals surface area (Å²) in [4.78, 5) is 12.6. The molecule has 2 N–H and O–H groups in total. The molecule has 0 aliphatic heterocycles. The van der Waals surface area contributed by atoms with Gasteiger partial charge in [-0.2, -0.15) is 0 Å². The minimum absolute atomic E-state index is 0.817. The standard InChI is InChI=1S/C3H5O5/c1-2(4)3(5,6)8-7/h5-6H,1H3. The number of aliphatic hydroxyl groups is 2. The van der Waals surface area contributed by atoms with Gasteiger partial charge in [0.1, 0.15) is 0 Å². The van der Waals surface area contributed by atoms with E-state index in [1.807, 2.05) is 0 Å². The molecule has 8 heavy (non-hydrogen) atoms. The Hall–Kier alpha value is -0.490. The van der Waals surface area contributed by atoms with Gasteiger partial charge in [0.2, 0.25) is 5.78 Å². The lowest BCUT2D eigenvalue weighted by Crippen LogP contribution is -2.38. The maximum Gasteiger partial charge on any atom is 0.372 e. The summed E-state index contributed by atoms with van der Waals surface area (Å²) in [6.45, 7) is 0.817. The number of rotatable bonds is 2. The molecule has 0 spiro atoms. The zero-order valence-electron chi connectivity index (χ0n) is 4.12. The molecule has 5 nitrogen and oxygen atoms in total. The van der Waals surface area contributed by atoms with E-state index in [4.69, 9.17) is 10.2 Å². The monoisotopic (exact) mass is 121 g/mol. The van der Waals surface area contributed by atoms with E-state index in [2.05, 4.69) is 4.89 Å². The van der Waals surface area contributed by atoms with Crippen LogP contribution in [0.25, 0.3) is 0 Å². The summed E-state index contributed by atoms with van der Waals surface area (Å²) in [5.74, 6) is -4.30. The highest BCUT2D eigenvalue weighted by Gasteiger charge is 2.31. The van der Waals surface area contributed by atoms with Crippen molar-refractivity contribution < 1.29 is 25.2 Å². The first-order chi connectivity index (χ1) is 3.50. The van der Waals surface area contributed by atoms with Crippen molar-refractivity contribution in [1.82, 2.24) is 0 Å². The van der Waals surface area contributed by atoms with Crippen LogP contribution >= 0.6 is 0 Å². The predicted molar refractivity (Wildman–Crippen MR) is 19.6 cm³/mol. The van der Waals surface area contributed by atoms with Crippen molar-refractivity contribution in [2.75, 3.05) is 0 Å². The van der Waals surface area contributed by atoms with Gasteiger partial charge in [-0.1, -0.05) is 0 Å². The van der Waals surface area contributed by atoms with E-state index in [-0.39, 0.29) is 0 Å². The Morgan fingerprint density at radius 1 is 1.62 bits per heavy atom. The number of ketones is 1. The molecule has 0 atom stereocenters. The fourth-order valence-corrected chi connectivity index (χ4v) is 0.0587. The second-order valence-electron chi connectivity index (χ2n) is 1.25. The maximum atomic E-state index is 9.87. The molecule has 0 amide bonds. The summed E-state index contributed by atoms with van der Waals surface area (Å²) in [7, 11) is 0. The topological polar surface area (TPSA) is 86.7 Å². The molecule has 0 aromatic carbocycles. The highest BCUT2D eigenvalue weighted by Crippen LogP contribution is 1.99. The number of hydrogen-bond donors (Lipinski definition) is 2. The van der Waals surface area contributed by atoms with Crippen LogP contribution in [-0.4, -0.2) is 22.0 Å². The first kappa shape index (κ1) is 7.51. The van der Waals surface area contributed by atoms with Gasteiger partial charge in [0.15, 0.2) is 0 Å². The lowest BCUT2D eigenvalue weighted by atomic mass is 10.4. The molecular weight excluding hydrogens is 116 g/mol. The number of carbonyl (C=O) groups excluding carboxylic acids is 1. The Morgan fingerprint density at radius 2 is 2.00 bits per heavy atom. The largest absolute Gasteiger partial charge is 0.372 e. The zero-order valence-corrected chi connectivity index (χ0v) is 4.12. The van der Waals surface area contributed by atoms with E-state index in [1.54, 1.807) is 0 Å².